The molecule has 0 spiro atoms. The number of hydrogen-bond acceptors (Lipinski definition) is 11. The van der Waals surface area contributed by atoms with Crippen LogP contribution in [-0.4, -0.2) is 66.7 Å². The zero-order valence-corrected chi connectivity index (χ0v) is 27.4. The zero-order valence-electron chi connectivity index (χ0n) is 25.9. The Morgan fingerprint density at radius 2 is 1.68 bits per heavy atom. The summed E-state index contributed by atoms with van der Waals surface area (Å²) in [6.07, 6.45) is -0.972. The van der Waals surface area contributed by atoms with Gasteiger partial charge in [-0.2, -0.15) is 0 Å². The normalized spacial score (nSPS) is 19.7. The summed E-state index contributed by atoms with van der Waals surface area (Å²) in [5.74, 6) is -6.35. The van der Waals surface area contributed by atoms with Crippen molar-refractivity contribution < 1.29 is 47.7 Å². The highest BCUT2D eigenvalue weighted by molar-refractivity contribution is 6.39. The molecule has 12 nitrogen and oxygen atoms in total. The van der Waals surface area contributed by atoms with Crippen LogP contribution >= 0.6 is 23.2 Å². The van der Waals surface area contributed by atoms with Gasteiger partial charge in [0.1, 0.15) is 18.6 Å². The van der Waals surface area contributed by atoms with Crippen molar-refractivity contribution in [3.05, 3.63) is 87.7 Å². The first kappa shape index (κ1) is 35.2. The predicted molar refractivity (Wildman–Crippen MR) is 168 cm³/mol. The number of aromatic nitrogens is 1. The summed E-state index contributed by atoms with van der Waals surface area (Å²) < 4.78 is 27.6. The van der Waals surface area contributed by atoms with Gasteiger partial charge in [0.25, 0.3) is 5.91 Å². The summed E-state index contributed by atoms with van der Waals surface area (Å²) in [6, 6.07) is 13.2. The lowest BCUT2D eigenvalue weighted by molar-refractivity contribution is -0.176. The van der Waals surface area contributed by atoms with Crippen LogP contribution in [0.1, 0.15) is 47.2 Å². The quantitative estimate of drug-likeness (QED) is 0.247. The van der Waals surface area contributed by atoms with E-state index in [2.05, 4.69) is 10.3 Å². The molecule has 3 aromatic rings. The molecule has 0 bridgehead atoms. The summed E-state index contributed by atoms with van der Waals surface area (Å²) in [5.41, 5.74) is 0.150. The van der Waals surface area contributed by atoms with Crippen molar-refractivity contribution in [1.29, 1.82) is 0 Å². The van der Waals surface area contributed by atoms with Gasteiger partial charge < -0.3 is 29.0 Å². The van der Waals surface area contributed by atoms with Crippen LogP contribution in [0, 0.1) is 11.8 Å². The molecule has 4 atom stereocenters. The van der Waals surface area contributed by atoms with Gasteiger partial charge in [-0.25, -0.2) is 14.6 Å². The molecule has 0 radical (unpaired) electrons. The molecule has 47 heavy (non-hydrogen) atoms. The molecule has 2 aromatic carbocycles. The molecular formula is C33H32Cl2N2O10. The number of nitrogens with zero attached hydrogens (tertiary/aromatic N) is 1. The lowest BCUT2D eigenvalue weighted by Gasteiger charge is -2.29. The zero-order chi connectivity index (χ0) is 34.2. The Morgan fingerprint density at radius 1 is 1.00 bits per heavy atom. The fourth-order valence-corrected chi connectivity index (χ4v) is 5.22. The maximum Gasteiger partial charge on any atom is 0.346 e. The van der Waals surface area contributed by atoms with Crippen LogP contribution in [0.15, 0.2) is 60.8 Å². The highest BCUT2D eigenvalue weighted by atomic mass is 35.5. The summed E-state index contributed by atoms with van der Waals surface area (Å²) in [5, 5.41) is 2.43. The van der Waals surface area contributed by atoms with Gasteiger partial charge in [0.05, 0.1) is 28.6 Å². The number of amides is 1. The van der Waals surface area contributed by atoms with Crippen molar-refractivity contribution in [3.8, 4) is 11.5 Å². The number of rotatable bonds is 9. The second-order valence-electron chi connectivity index (χ2n) is 10.8. The number of benzene rings is 2. The molecule has 2 heterocycles. The van der Waals surface area contributed by atoms with E-state index < -0.39 is 72.2 Å². The molecule has 1 aliphatic heterocycles. The summed E-state index contributed by atoms with van der Waals surface area (Å²) in [6.45, 7) is 4.12. The van der Waals surface area contributed by atoms with Crippen molar-refractivity contribution in [1.82, 2.24) is 10.3 Å². The van der Waals surface area contributed by atoms with Crippen LogP contribution < -0.4 is 14.8 Å². The third kappa shape index (κ3) is 8.57. The topological polar surface area (TPSA) is 156 Å². The van der Waals surface area contributed by atoms with E-state index in [1.165, 1.54) is 44.5 Å². The van der Waals surface area contributed by atoms with Gasteiger partial charge in [-0.05, 0) is 31.0 Å². The van der Waals surface area contributed by atoms with E-state index in [0.717, 1.165) is 5.56 Å². The average Bonchev–Trinajstić information content (AvgIpc) is 3.07. The van der Waals surface area contributed by atoms with Crippen molar-refractivity contribution in [2.45, 2.75) is 45.4 Å². The number of hydrogen-bond donors (Lipinski definition) is 1. The molecule has 0 aliphatic carbocycles. The molecule has 1 N–H and O–H groups in total. The molecule has 1 saturated heterocycles. The number of nitrogens with one attached hydrogen (secondary N) is 1. The average molecular weight is 688 g/mol. The van der Waals surface area contributed by atoms with Gasteiger partial charge in [-0.3, -0.25) is 14.4 Å². The first-order valence-corrected chi connectivity index (χ1v) is 15.3. The second-order valence-corrected chi connectivity index (χ2v) is 11.6. The molecule has 14 heteroatoms. The van der Waals surface area contributed by atoms with E-state index in [9.17, 15) is 24.0 Å². The molecule has 0 saturated carbocycles. The van der Waals surface area contributed by atoms with E-state index in [1.807, 2.05) is 6.07 Å². The Kier molecular flexibility index (Phi) is 11.8. The number of methoxy groups -OCH3 is 1. The molecule has 1 fully saturated rings. The minimum Gasteiger partial charge on any atom is -0.493 e. The summed E-state index contributed by atoms with van der Waals surface area (Å²) in [7, 11) is 1.28. The van der Waals surface area contributed by atoms with Gasteiger partial charge in [0.15, 0.2) is 23.6 Å². The maximum atomic E-state index is 13.5. The molecule has 4 rings (SSSR count). The number of esters is 4. The Balaban J connectivity index is 1.61. The van der Waals surface area contributed by atoms with Crippen LogP contribution in [-0.2, 0) is 35.0 Å². The molecule has 1 aromatic heterocycles. The second kappa shape index (κ2) is 15.7. The Morgan fingerprint density at radius 3 is 2.32 bits per heavy atom. The van der Waals surface area contributed by atoms with Gasteiger partial charge in [-0.15, -0.1) is 0 Å². The number of carbonyl (C=O) groups is 5. The highest BCUT2D eigenvalue weighted by Gasteiger charge is 2.42. The van der Waals surface area contributed by atoms with Crippen LogP contribution in [0.5, 0.6) is 11.5 Å². The van der Waals surface area contributed by atoms with Crippen LogP contribution in [0.4, 0.5) is 0 Å². The standard InChI is InChI=1S/C33H32Cl2N2O10/c1-17(2)30(39)46-27-18(3)45-32(41)23(16-44-31(40)20(27)15-19-9-6-5-7-10-19)37-29(38)26-28(24(43-4)13-14-36-26)47-33(42)25-21(34)11-8-12-22(25)35/h5-14,17-18,20,23,27H,15-16H2,1-4H3,(H,37,38). The Bertz CT molecular complexity index is 1630. The highest BCUT2D eigenvalue weighted by Crippen LogP contribution is 2.33. The van der Waals surface area contributed by atoms with Crippen LogP contribution in [0.3, 0.4) is 0 Å². The van der Waals surface area contributed by atoms with Crippen molar-refractivity contribution >= 4 is 53.0 Å². The minimum atomic E-state index is -1.53. The lowest BCUT2D eigenvalue weighted by atomic mass is 9.91. The third-order valence-electron chi connectivity index (χ3n) is 7.13. The fourth-order valence-electron chi connectivity index (χ4n) is 4.67. The van der Waals surface area contributed by atoms with E-state index in [1.54, 1.807) is 38.1 Å². The fraction of sp³-hybridized carbons (Fsp3) is 0.333. The summed E-state index contributed by atoms with van der Waals surface area (Å²) >= 11 is 12.3. The van der Waals surface area contributed by atoms with Gasteiger partial charge in [0, 0.05) is 12.3 Å². The van der Waals surface area contributed by atoms with E-state index in [0.29, 0.717) is 0 Å². The summed E-state index contributed by atoms with van der Waals surface area (Å²) in [4.78, 5) is 70.1. The smallest absolute Gasteiger partial charge is 0.346 e. The van der Waals surface area contributed by atoms with Crippen LogP contribution in [0.2, 0.25) is 10.0 Å². The van der Waals surface area contributed by atoms with E-state index in [4.69, 9.17) is 46.9 Å². The lowest BCUT2D eigenvalue weighted by Crippen LogP contribution is -2.47. The maximum absolute atomic E-state index is 13.5. The van der Waals surface area contributed by atoms with E-state index >= 15 is 0 Å². The molecule has 4 unspecified atom stereocenters. The SMILES string of the molecule is COc1ccnc(C(=O)NC2COC(=O)C(Cc3ccccc3)C(OC(=O)C(C)C)C(C)OC2=O)c1OC(=O)c1c(Cl)cccc1Cl. The molecular weight excluding hydrogens is 655 g/mol. The van der Waals surface area contributed by atoms with Gasteiger partial charge in [-0.1, -0.05) is 73.4 Å². The van der Waals surface area contributed by atoms with Crippen molar-refractivity contribution in [2.24, 2.45) is 11.8 Å². The van der Waals surface area contributed by atoms with Gasteiger partial charge in [0.2, 0.25) is 5.75 Å². The number of carbonyl (C=O) groups excluding carboxylic acids is 5. The monoisotopic (exact) mass is 686 g/mol. The Labute approximate surface area is 280 Å². The van der Waals surface area contributed by atoms with E-state index in [-0.39, 0.29) is 33.5 Å². The third-order valence-corrected chi connectivity index (χ3v) is 7.76. The predicted octanol–water partition coefficient (Wildman–Crippen LogP) is 4.63. The number of ether oxygens (including phenoxy) is 5. The number of cyclic esters (lactones) is 2. The first-order valence-electron chi connectivity index (χ1n) is 14.5. The molecule has 1 amide bonds. The number of halogens is 2. The van der Waals surface area contributed by atoms with Crippen molar-refractivity contribution in [3.63, 3.8) is 0 Å². The largest absolute Gasteiger partial charge is 0.493 e. The van der Waals surface area contributed by atoms with Gasteiger partial charge >= 0.3 is 23.9 Å². The Hall–Kier alpha value is -4.68. The minimum absolute atomic E-state index is 0.00331. The van der Waals surface area contributed by atoms with Crippen LogP contribution in [0.25, 0.3) is 0 Å². The molecule has 1 aliphatic rings. The first-order chi connectivity index (χ1) is 22.4. The number of pyridine rings is 1. The molecule has 248 valence electrons. The van der Waals surface area contributed by atoms with Crippen molar-refractivity contribution in [2.75, 3.05) is 13.7 Å².